The zero-order chi connectivity index (χ0) is 21.3. The number of nitrogens with one attached hydrogen (secondary N) is 2. The predicted molar refractivity (Wildman–Crippen MR) is 123 cm³/mol. The van der Waals surface area contributed by atoms with Crippen molar-refractivity contribution >= 4 is 37.9 Å². The van der Waals surface area contributed by atoms with Crippen molar-refractivity contribution < 1.29 is 8.42 Å². The van der Waals surface area contributed by atoms with Crippen LogP contribution >= 0.6 is 11.3 Å². The average molecular weight is 449 g/mol. The molecule has 0 saturated carbocycles. The highest BCUT2D eigenvalue weighted by Crippen LogP contribution is 2.23. The Morgan fingerprint density at radius 2 is 1.87 bits per heavy atom. The summed E-state index contributed by atoms with van der Waals surface area (Å²) in [5.41, 5.74) is 2.77. The van der Waals surface area contributed by atoms with Gasteiger partial charge < -0.3 is 10.2 Å². The molecular formula is C20H28N6O2S2. The van der Waals surface area contributed by atoms with Gasteiger partial charge in [0, 0.05) is 68.4 Å². The molecule has 0 amide bonds. The van der Waals surface area contributed by atoms with E-state index in [2.05, 4.69) is 43.6 Å². The van der Waals surface area contributed by atoms with Crippen LogP contribution in [0.25, 0.3) is 4.96 Å². The molecule has 0 spiro atoms. The third-order valence-electron chi connectivity index (χ3n) is 5.35. The minimum absolute atomic E-state index is 0.480. The third kappa shape index (κ3) is 4.77. The van der Waals surface area contributed by atoms with Gasteiger partial charge in [0.25, 0.3) is 0 Å². The van der Waals surface area contributed by atoms with Crippen molar-refractivity contribution in [1.29, 1.82) is 0 Å². The van der Waals surface area contributed by atoms with Gasteiger partial charge in [0.1, 0.15) is 0 Å². The Bertz CT molecular complexity index is 1060. The van der Waals surface area contributed by atoms with Crippen LogP contribution in [0.4, 0.5) is 11.4 Å². The molecule has 0 atom stereocenters. The van der Waals surface area contributed by atoms with E-state index in [0.29, 0.717) is 11.7 Å². The molecule has 1 aliphatic heterocycles. The lowest BCUT2D eigenvalue weighted by Crippen LogP contribution is -2.42. The smallest absolute Gasteiger partial charge is 0.301 e. The van der Waals surface area contributed by atoms with E-state index in [4.69, 9.17) is 0 Å². The second-order valence-corrected chi connectivity index (χ2v) is 10.9. The monoisotopic (exact) mass is 448 g/mol. The van der Waals surface area contributed by atoms with E-state index in [1.54, 1.807) is 11.3 Å². The Kier molecular flexibility index (Phi) is 6.01. The van der Waals surface area contributed by atoms with Crippen molar-refractivity contribution in [3.63, 3.8) is 0 Å². The Hall–Kier alpha value is -2.14. The Balaban J connectivity index is 1.27. The first-order valence-electron chi connectivity index (χ1n) is 10.0. The second-order valence-electron chi connectivity index (χ2n) is 7.84. The number of imidazole rings is 1. The number of nitrogens with zero attached hydrogens (tertiary/aromatic N) is 4. The van der Waals surface area contributed by atoms with Crippen LogP contribution in [0.1, 0.15) is 23.4 Å². The van der Waals surface area contributed by atoms with Crippen LogP contribution in [0.3, 0.4) is 0 Å². The van der Waals surface area contributed by atoms with Gasteiger partial charge in [0.15, 0.2) is 4.96 Å². The number of fused-ring (bicyclic) bond motifs is 1. The number of hydrogen-bond acceptors (Lipinski definition) is 6. The first-order chi connectivity index (χ1) is 14.3. The zero-order valence-electron chi connectivity index (χ0n) is 17.5. The maximum Gasteiger partial charge on any atom is 0.301 e. The molecule has 2 aromatic heterocycles. The summed E-state index contributed by atoms with van der Waals surface area (Å²) >= 11 is 1.71. The van der Waals surface area contributed by atoms with Gasteiger partial charge >= 0.3 is 10.2 Å². The number of aryl methyl sites for hydroxylation is 1. The molecule has 4 rings (SSSR count). The van der Waals surface area contributed by atoms with Crippen LogP contribution in [0.15, 0.2) is 36.7 Å². The number of thiazole rings is 1. The normalized spacial score (nSPS) is 15.9. The molecule has 10 heteroatoms. The molecule has 0 radical (unpaired) electrons. The molecule has 2 N–H and O–H groups in total. The number of rotatable bonds is 7. The molecule has 30 heavy (non-hydrogen) atoms. The van der Waals surface area contributed by atoms with Crippen LogP contribution in [0.5, 0.6) is 0 Å². The molecule has 8 nitrogen and oxygen atoms in total. The third-order valence-corrected chi connectivity index (χ3v) is 7.72. The summed E-state index contributed by atoms with van der Waals surface area (Å²) in [7, 11) is -0.467. The van der Waals surface area contributed by atoms with E-state index in [-0.39, 0.29) is 0 Å². The van der Waals surface area contributed by atoms with Crippen LogP contribution in [-0.2, 0) is 16.8 Å². The summed E-state index contributed by atoms with van der Waals surface area (Å²) < 4.78 is 29.7. The maximum atomic E-state index is 11.9. The minimum atomic E-state index is -3.48. The SMILES string of the molecule is Cc1cn2cc(CNC3CCN(c4ccc(NS(=O)(=O)N(C)C)cc4)CC3)nc2s1. The topological polar surface area (TPSA) is 82.0 Å². The molecule has 3 aromatic rings. The van der Waals surface area contributed by atoms with Crippen molar-refractivity contribution in [1.82, 2.24) is 19.0 Å². The summed E-state index contributed by atoms with van der Waals surface area (Å²) in [5, 5.41) is 3.64. The minimum Gasteiger partial charge on any atom is -0.371 e. The molecule has 0 bridgehead atoms. The summed E-state index contributed by atoms with van der Waals surface area (Å²) in [6, 6.07) is 8.05. The predicted octanol–water partition coefficient (Wildman–Crippen LogP) is 2.68. The molecule has 1 saturated heterocycles. The quantitative estimate of drug-likeness (QED) is 0.581. The number of piperidine rings is 1. The van der Waals surface area contributed by atoms with Crippen molar-refractivity contribution in [2.75, 3.05) is 36.8 Å². The molecule has 0 unspecified atom stereocenters. The largest absolute Gasteiger partial charge is 0.371 e. The summed E-state index contributed by atoms with van der Waals surface area (Å²) in [6.07, 6.45) is 6.35. The lowest BCUT2D eigenvalue weighted by atomic mass is 10.0. The van der Waals surface area contributed by atoms with Crippen molar-refractivity contribution in [2.24, 2.45) is 0 Å². The standard InChI is InChI=1S/C20H28N6O2S2/c1-15-13-26-14-18(22-20(26)29-15)12-21-16-8-10-25(11-9-16)19-6-4-17(5-7-19)23-30(27,28)24(2)3/h4-7,13-14,16,21,23H,8-12H2,1-3H3. The van der Waals surface area contributed by atoms with Gasteiger partial charge in [0.2, 0.25) is 0 Å². The average Bonchev–Trinajstić information content (AvgIpc) is 3.24. The number of benzene rings is 1. The fourth-order valence-corrected chi connectivity index (χ4v) is 5.06. The number of hydrogen-bond donors (Lipinski definition) is 2. The summed E-state index contributed by atoms with van der Waals surface area (Å²) in [5.74, 6) is 0. The van der Waals surface area contributed by atoms with Gasteiger partial charge in [-0.25, -0.2) is 4.98 Å². The van der Waals surface area contributed by atoms with Gasteiger partial charge in [-0.2, -0.15) is 12.7 Å². The highest BCUT2D eigenvalue weighted by molar-refractivity contribution is 7.90. The second kappa shape index (κ2) is 8.54. The van der Waals surface area contributed by atoms with E-state index >= 15 is 0 Å². The van der Waals surface area contributed by atoms with Crippen molar-refractivity contribution in [3.05, 3.63) is 47.2 Å². The number of anilines is 2. The lowest BCUT2D eigenvalue weighted by Gasteiger charge is -2.34. The molecule has 1 aliphatic rings. The van der Waals surface area contributed by atoms with Crippen LogP contribution in [0, 0.1) is 6.92 Å². The van der Waals surface area contributed by atoms with Gasteiger partial charge in [-0.05, 0) is 44.0 Å². The molecule has 162 valence electrons. The summed E-state index contributed by atoms with van der Waals surface area (Å²) in [6.45, 7) is 4.83. The Labute approximate surface area is 181 Å². The molecule has 1 aromatic carbocycles. The first-order valence-corrected chi connectivity index (χ1v) is 12.3. The van der Waals surface area contributed by atoms with E-state index in [1.807, 2.05) is 24.3 Å². The van der Waals surface area contributed by atoms with Gasteiger partial charge in [0.05, 0.1) is 5.69 Å². The fraction of sp³-hybridized carbons (Fsp3) is 0.450. The Morgan fingerprint density at radius 1 is 1.17 bits per heavy atom. The van der Waals surface area contributed by atoms with Crippen LogP contribution in [-0.4, -0.2) is 55.3 Å². The van der Waals surface area contributed by atoms with Crippen molar-refractivity contribution in [3.8, 4) is 0 Å². The highest BCUT2D eigenvalue weighted by Gasteiger charge is 2.20. The maximum absolute atomic E-state index is 11.9. The molecule has 1 fully saturated rings. The van der Waals surface area contributed by atoms with E-state index in [1.165, 1.54) is 19.0 Å². The zero-order valence-corrected chi connectivity index (χ0v) is 19.1. The fourth-order valence-electron chi connectivity index (χ4n) is 3.62. The first kappa shape index (κ1) is 21.1. The number of aromatic nitrogens is 2. The van der Waals surface area contributed by atoms with E-state index in [9.17, 15) is 8.42 Å². The molecular weight excluding hydrogens is 420 g/mol. The van der Waals surface area contributed by atoms with Gasteiger partial charge in [-0.15, -0.1) is 11.3 Å². The van der Waals surface area contributed by atoms with Crippen molar-refractivity contribution in [2.45, 2.75) is 32.4 Å². The van der Waals surface area contributed by atoms with E-state index in [0.717, 1.165) is 53.1 Å². The molecule has 0 aliphatic carbocycles. The van der Waals surface area contributed by atoms with Crippen LogP contribution < -0.4 is 14.9 Å². The highest BCUT2D eigenvalue weighted by atomic mass is 32.2. The summed E-state index contributed by atoms with van der Waals surface area (Å²) in [4.78, 5) is 9.35. The molecule has 3 heterocycles. The lowest BCUT2D eigenvalue weighted by molar-refractivity contribution is 0.412. The van der Waals surface area contributed by atoms with Crippen LogP contribution in [0.2, 0.25) is 0 Å². The van der Waals surface area contributed by atoms with Gasteiger partial charge in [-0.3, -0.25) is 9.12 Å². The van der Waals surface area contributed by atoms with Gasteiger partial charge in [-0.1, -0.05) is 0 Å². The van der Waals surface area contributed by atoms with E-state index < -0.39 is 10.2 Å². The Morgan fingerprint density at radius 3 is 2.50 bits per heavy atom.